The number of benzene rings is 2. The Bertz CT molecular complexity index is 1230. The van der Waals surface area contributed by atoms with Crippen molar-refractivity contribution in [2.75, 3.05) is 30.9 Å². The third-order valence-electron chi connectivity index (χ3n) is 5.62. The number of rotatable bonds is 6. The summed E-state index contributed by atoms with van der Waals surface area (Å²) in [4.78, 5) is 15.0. The first-order chi connectivity index (χ1) is 15.2. The lowest BCUT2D eigenvalue weighted by molar-refractivity contribution is 0.0983. The average Bonchev–Trinajstić information content (AvgIpc) is 3.45. The van der Waals surface area contributed by atoms with Gasteiger partial charge in [0.1, 0.15) is 5.75 Å². The van der Waals surface area contributed by atoms with Crippen molar-refractivity contribution in [3.63, 3.8) is 0 Å². The molecule has 1 fully saturated rings. The van der Waals surface area contributed by atoms with E-state index in [1.165, 1.54) is 46.7 Å². The first-order valence-electron chi connectivity index (χ1n) is 10.2. The summed E-state index contributed by atoms with van der Waals surface area (Å²) >= 11 is 0. The Morgan fingerprint density at radius 2 is 1.66 bits per heavy atom. The molecule has 2 aliphatic rings. The monoisotopic (exact) mass is 476 g/mol. The molecule has 0 bridgehead atoms. The van der Waals surface area contributed by atoms with E-state index in [4.69, 9.17) is 4.74 Å². The van der Waals surface area contributed by atoms with Crippen LogP contribution in [0.15, 0.2) is 64.9 Å². The third-order valence-corrected chi connectivity index (χ3v) is 8.91. The molecule has 1 atom stereocenters. The van der Waals surface area contributed by atoms with Gasteiger partial charge in [-0.1, -0.05) is 0 Å². The number of carbonyl (C=O) groups excluding carboxylic acids is 1. The van der Waals surface area contributed by atoms with Crippen LogP contribution >= 0.6 is 0 Å². The molecule has 0 radical (unpaired) electrons. The highest BCUT2D eigenvalue weighted by atomic mass is 32.2. The number of amides is 1. The molecule has 0 N–H and O–H groups in total. The maximum atomic E-state index is 13.4. The van der Waals surface area contributed by atoms with Crippen molar-refractivity contribution < 1.29 is 26.4 Å². The highest BCUT2D eigenvalue weighted by molar-refractivity contribution is 7.94. The summed E-state index contributed by atoms with van der Waals surface area (Å²) in [6.45, 7) is 0.994. The lowest BCUT2D eigenvalue weighted by Gasteiger charge is -2.28. The lowest BCUT2D eigenvalue weighted by atomic mass is 10.1. The van der Waals surface area contributed by atoms with Crippen LogP contribution in [0.1, 0.15) is 23.2 Å². The van der Waals surface area contributed by atoms with Gasteiger partial charge in [0.25, 0.3) is 5.91 Å². The van der Waals surface area contributed by atoms with Crippen molar-refractivity contribution in [3.05, 3.63) is 65.6 Å². The Kier molecular flexibility index (Phi) is 6.11. The van der Waals surface area contributed by atoms with Crippen LogP contribution in [0.5, 0.6) is 5.75 Å². The summed E-state index contributed by atoms with van der Waals surface area (Å²) in [7, 11) is -5.46. The van der Waals surface area contributed by atoms with E-state index in [0.29, 0.717) is 24.5 Å². The summed E-state index contributed by atoms with van der Waals surface area (Å²) in [5, 5.41) is 1.12. The molecule has 2 aromatic carbocycles. The van der Waals surface area contributed by atoms with E-state index in [1.54, 1.807) is 24.3 Å². The van der Waals surface area contributed by atoms with Crippen LogP contribution in [0.2, 0.25) is 0 Å². The Hall–Kier alpha value is -2.69. The summed E-state index contributed by atoms with van der Waals surface area (Å²) in [6.07, 6.45) is 3.17. The Labute approximate surface area is 188 Å². The van der Waals surface area contributed by atoms with Crippen LogP contribution in [0.3, 0.4) is 0 Å². The summed E-state index contributed by atoms with van der Waals surface area (Å²) < 4.78 is 56.1. The van der Waals surface area contributed by atoms with Gasteiger partial charge in [0.15, 0.2) is 9.84 Å². The van der Waals surface area contributed by atoms with E-state index in [1.807, 2.05) is 0 Å². The smallest absolute Gasteiger partial charge is 0.258 e. The molecular formula is C22H24N2O6S2. The van der Waals surface area contributed by atoms with Crippen LogP contribution in [-0.4, -0.2) is 59.0 Å². The molecule has 0 unspecified atom stereocenters. The molecule has 1 amide bonds. The number of methoxy groups -OCH3 is 1. The van der Waals surface area contributed by atoms with Crippen molar-refractivity contribution in [1.29, 1.82) is 0 Å². The van der Waals surface area contributed by atoms with E-state index < -0.39 is 31.8 Å². The first-order valence-corrected chi connectivity index (χ1v) is 13.4. The van der Waals surface area contributed by atoms with Gasteiger partial charge in [-0.15, -0.1) is 0 Å². The lowest BCUT2D eigenvalue weighted by Crippen LogP contribution is -2.41. The highest BCUT2D eigenvalue weighted by Gasteiger charge is 2.33. The van der Waals surface area contributed by atoms with Crippen LogP contribution < -0.4 is 9.64 Å². The zero-order valence-corrected chi connectivity index (χ0v) is 19.2. The average molecular weight is 477 g/mol. The van der Waals surface area contributed by atoms with E-state index in [0.717, 1.165) is 18.2 Å². The zero-order valence-electron chi connectivity index (χ0n) is 17.5. The zero-order chi connectivity index (χ0) is 22.9. The third kappa shape index (κ3) is 4.43. The minimum atomic E-state index is -3.59. The van der Waals surface area contributed by atoms with Crippen molar-refractivity contribution >= 4 is 31.5 Å². The van der Waals surface area contributed by atoms with Gasteiger partial charge in [0.2, 0.25) is 10.0 Å². The van der Waals surface area contributed by atoms with Gasteiger partial charge in [0.05, 0.1) is 23.8 Å². The quantitative estimate of drug-likeness (QED) is 0.635. The normalized spacial score (nSPS) is 20.3. The van der Waals surface area contributed by atoms with Crippen molar-refractivity contribution in [2.24, 2.45) is 0 Å². The topological polar surface area (TPSA) is 101 Å². The van der Waals surface area contributed by atoms with Gasteiger partial charge in [-0.05, 0) is 67.4 Å². The number of ether oxygens (including phenoxy) is 1. The number of hydrogen-bond donors (Lipinski definition) is 0. The molecule has 2 aromatic rings. The van der Waals surface area contributed by atoms with Crippen LogP contribution in [0.4, 0.5) is 5.69 Å². The maximum absolute atomic E-state index is 13.4. The van der Waals surface area contributed by atoms with Crippen molar-refractivity contribution in [3.8, 4) is 5.75 Å². The first kappa shape index (κ1) is 22.5. The van der Waals surface area contributed by atoms with E-state index in [9.17, 15) is 21.6 Å². The van der Waals surface area contributed by atoms with Gasteiger partial charge in [-0.3, -0.25) is 4.79 Å². The fraction of sp³-hybridized carbons (Fsp3) is 0.318. The molecule has 2 heterocycles. The fourth-order valence-electron chi connectivity index (χ4n) is 3.91. The summed E-state index contributed by atoms with van der Waals surface area (Å²) in [5.41, 5.74) is 0.773. The minimum Gasteiger partial charge on any atom is -0.497 e. The van der Waals surface area contributed by atoms with E-state index >= 15 is 0 Å². The molecule has 2 aliphatic heterocycles. The van der Waals surface area contributed by atoms with Gasteiger partial charge in [-0.25, -0.2) is 16.8 Å². The van der Waals surface area contributed by atoms with E-state index in [2.05, 4.69) is 0 Å². The Morgan fingerprint density at radius 3 is 2.19 bits per heavy atom. The molecular weight excluding hydrogens is 452 g/mol. The summed E-state index contributed by atoms with van der Waals surface area (Å²) in [5.74, 6) is -0.0362. The summed E-state index contributed by atoms with van der Waals surface area (Å²) in [6, 6.07) is 11.9. The molecule has 1 saturated heterocycles. The number of nitrogens with zero attached hydrogens (tertiary/aromatic N) is 2. The second kappa shape index (κ2) is 8.68. The molecule has 32 heavy (non-hydrogen) atoms. The molecule has 0 saturated carbocycles. The standard InChI is InChI=1S/C22H24N2O6S2/c1-30-20-8-6-18(7-9-20)24(19-12-15-31(26,27)16-19)22(25)17-4-10-21(11-5-17)32(28,29)23-13-2-3-14-23/h4-12,15,19H,2-3,13-14,16H2,1H3/t19-/m1/s1. The molecule has 0 spiro atoms. The number of hydrogen-bond acceptors (Lipinski definition) is 6. The fourth-order valence-corrected chi connectivity index (χ4v) is 6.69. The predicted molar refractivity (Wildman–Crippen MR) is 121 cm³/mol. The van der Waals surface area contributed by atoms with Crippen LogP contribution in [0, 0.1) is 0 Å². The largest absolute Gasteiger partial charge is 0.497 e. The van der Waals surface area contributed by atoms with Crippen LogP contribution in [-0.2, 0) is 19.9 Å². The van der Waals surface area contributed by atoms with Crippen LogP contribution in [0.25, 0.3) is 0 Å². The number of anilines is 1. The number of carbonyl (C=O) groups is 1. The molecule has 4 rings (SSSR count). The number of sulfonamides is 1. The molecule has 0 aliphatic carbocycles. The second-order valence-electron chi connectivity index (χ2n) is 7.73. The van der Waals surface area contributed by atoms with Crippen molar-refractivity contribution in [1.82, 2.24) is 4.31 Å². The van der Waals surface area contributed by atoms with Gasteiger partial charge in [-0.2, -0.15) is 4.31 Å². The van der Waals surface area contributed by atoms with E-state index in [-0.39, 0.29) is 16.2 Å². The van der Waals surface area contributed by atoms with Gasteiger partial charge < -0.3 is 9.64 Å². The van der Waals surface area contributed by atoms with Gasteiger partial charge >= 0.3 is 0 Å². The Morgan fingerprint density at radius 1 is 1.03 bits per heavy atom. The SMILES string of the molecule is COc1ccc(N(C(=O)c2ccc(S(=O)(=O)N3CCCC3)cc2)[C@@H]2C=CS(=O)(=O)C2)cc1. The second-order valence-corrected chi connectivity index (χ2v) is 11.6. The number of sulfone groups is 1. The highest BCUT2D eigenvalue weighted by Crippen LogP contribution is 2.28. The molecule has 0 aromatic heterocycles. The van der Waals surface area contributed by atoms with Gasteiger partial charge in [0, 0.05) is 29.7 Å². The molecule has 8 nitrogen and oxygen atoms in total. The predicted octanol–water partition coefficient (Wildman–Crippen LogP) is 2.44. The molecule has 170 valence electrons. The van der Waals surface area contributed by atoms with Crippen molar-refractivity contribution in [2.45, 2.75) is 23.8 Å². The molecule has 10 heteroatoms. The maximum Gasteiger partial charge on any atom is 0.258 e. The Balaban J connectivity index is 1.65. The minimum absolute atomic E-state index is 0.135.